The quantitative estimate of drug-likeness (QED) is 0.484. The lowest BCUT2D eigenvalue weighted by Gasteiger charge is -2.48. The summed E-state index contributed by atoms with van der Waals surface area (Å²) in [4.78, 5) is 5.38. The average molecular weight is 474 g/mol. The van der Waals surface area contributed by atoms with Gasteiger partial charge in [-0.25, -0.2) is 0 Å². The van der Waals surface area contributed by atoms with Crippen molar-refractivity contribution in [2.45, 2.75) is 122 Å². The Hall–Kier alpha value is -1.71. The van der Waals surface area contributed by atoms with Crippen molar-refractivity contribution in [3.8, 4) is 0 Å². The zero-order valence-corrected chi connectivity index (χ0v) is 22.6. The second-order valence-electron chi connectivity index (χ2n) is 13.6. The zero-order valence-electron chi connectivity index (χ0n) is 22.6. The Labute approximate surface area is 211 Å². The highest BCUT2D eigenvalue weighted by molar-refractivity contribution is 5.55. The monoisotopic (exact) mass is 473 g/mol. The van der Waals surface area contributed by atoms with Gasteiger partial charge in [0, 0.05) is 22.5 Å². The molecule has 3 heteroatoms. The van der Waals surface area contributed by atoms with Gasteiger partial charge in [0.25, 0.3) is 0 Å². The fourth-order valence-electron chi connectivity index (χ4n) is 7.75. The summed E-state index contributed by atoms with van der Waals surface area (Å²) in [5.41, 5.74) is 8.80. The molecule has 35 heavy (non-hydrogen) atoms. The number of aliphatic hydroxyl groups excluding tert-OH is 1. The van der Waals surface area contributed by atoms with Gasteiger partial charge in [0.15, 0.2) is 0 Å². The molecule has 1 aliphatic heterocycles. The summed E-state index contributed by atoms with van der Waals surface area (Å²) < 4.78 is 7.25. The predicted octanol–water partition coefficient (Wildman–Crippen LogP) is 7.79. The van der Waals surface area contributed by atoms with Crippen molar-refractivity contribution in [2.24, 2.45) is 11.3 Å². The summed E-state index contributed by atoms with van der Waals surface area (Å²) in [6.07, 6.45) is 8.57. The minimum atomic E-state index is -0.420. The number of hydrogen-bond donors (Lipinski definition) is 1. The van der Waals surface area contributed by atoms with Gasteiger partial charge < -0.3 is 9.84 Å². The number of aliphatic hydroxyl groups is 1. The molecule has 1 N–H and O–H groups in total. The Kier molecular flexibility index (Phi) is 5.34. The highest BCUT2D eigenvalue weighted by Crippen LogP contribution is 2.62. The first-order chi connectivity index (χ1) is 16.5. The smallest absolute Gasteiger partial charge is 0.111 e. The van der Waals surface area contributed by atoms with Crippen molar-refractivity contribution in [2.75, 3.05) is 0 Å². The second kappa shape index (κ2) is 7.89. The molecule has 2 spiro atoms. The molecule has 2 fully saturated rings. The van der Waals surface area contributed by atoms with Crippen LogP contribution in [0.4, 0.5) is 0 Å². The van der Waals surface area contributed by atoms with E-state index < -0.39 is 6.10 Å². The molecule has 1 aromatic carbocycles. The van der Waals surface area contributed by atoms with E-state index in [0.29, 0.717) is 11.8 Å². The van der Waals surface area contributed by atoms with Gasteiger partial charge in [-0.3, -0.25) is 4.98 Å². The summed E-state index contributed by atoms with van der Waals surface area (Å²) >= 11 is 0. The van der Waals surface area contributed by atoms with E-state index in [1.165, 1.54) is 65.7 Å². The Morgan fingerprint density at radius 1 is 1.03 bits per heavy atom. The van der Waals surface area contributed by atoms with Gasteiger partial charge in [-0.05, 0) is 84.3 Å². The Balaban J connectivity index is 1.57. The van der Waals surface area contributed by atoms with Gasteiger partial charge >= 0.3 is 0 Å². The lowest BCUT2D eigenvalue weighted by atomic mass is 9.58. The van der Waals surface area contributed by atoms with Gasteiger partial charge in [-0.15, -0.1) is 0 Å². The molecule has 188 valence electrons. The van der Waals surface area contributed by atoms with Gasteiger partial charge in [0.2, 0.25) is 0 Å². The van der Waals surface area contributed by atoms with Gasteiger partial charge in [0.05, 0.1) is 11.7 Å². The molecule has 3 aliphatic carbocycles. The molecule has 0 amide bonds. The molecule has 4 atom stereocenters. The SMILES string of the molecule is CC(C)c1nc2c(c3c1C(c1ccc(C(C)(C)C)cc1)OC31CCCC1C)C(O)CC1(CCC1)C2. The first kappa shape index (κ1) is 23.7. The molecular weight excluding hydrogens is 430 g/mol. The van der Waals surface area contributed by atoms with Crippen molar-refractivity contribution >= 4 is 0 Å². The lowest BCUT2D eigenvalue weighted by molar-refractivity contribution is -0.0846. The standard InChI is InChI=1S/C32H43NO2/c1-19(2)28-26-27(25-23(33-28)17-31(14-8-15-31)18-24(25)34)32(16-7-9-20(32)3)35-29(26)21-10-12-22(13-11-21)30(4,5)6/h10-13,19-20,24,29,34H,7-9,14-18H2,1-6H3. The molecule has 6 rings (SSSR count). The first-order valence-electron chi connectivity index (χ1n) is 14.1. The van der Waals surface area contributed by atoms with E-state index in [0.717, 1.165) is 24.8 Å². The Morgan fingerprint density at radius 2 is 1.74 bits per heavy atom. The summed E-state index contributed by atoms with van der Waals surface area (Å²) in [6, 6.07) is 9.10. The number of benzene rings is 1. The second-order valence-corrected chi connectivity index (χ2v) is 13.6. The molecule has 4 aliphatic rings. The van der Waals surface area contributed by atoms with Crippen LogP contribution in [0.1, 0.15) is 144 Å². The summed E-state index contributed by atoms with van der Waals surface area (Å²) in [7, 11) is 0. The van der Waals surface area contributed by atoms with Crippen LogP contribution >= 0.6 is 0 Å². The number of ether oxygens (including phenoxy) is 1. The molecule has 1 aromatic heterocycles. The lowest BCUT2D eigenvalue weighted by Crippen LogP contribution is -2.40. The van der Waals surface area contributed by atoms with Crippen LogP contribution in [0.3, 0.4) is 0 Å². The Morgan fingerprint density at radius 3 is 2.29 bits per heavy atom. The number of aromatic nitrogens is 1. The van der Waals surface area contributed by atoms with Crippen LogP contribution in [0.25, 0.3) is 0 Å². The van der Waals surface area contributed by atoms with E-state index >= 15 is 0 Å². The van der Waals surface area contributed by atoms with Crippen LogP contribution in [0.5, 0.6) is 0 Å². The molecule has 3 nitrogen and oxygen atoms in total. The van der Waals surface area contributed by atoms with E-state index in [9.17, 15) is 5.11 Å². The van der Waals surface area contributed by atoms with Crippen LogP contribution in [-0.2, 0) is 22.2 Å². The molecule has 0 radical (unpaired) electrons. The van der Waals surface area contributed by atoms with Crippen molar-refractivity contribution in [1.29, 1.82) is 0 Å². The van der Waals surface area contributed by atoms with Crippen LogP contribution in [0.2, 0.25) is 0 Å². The van der Waals surface area contributed by atoms with E-state index in [1.54, 1.807) is 0 Å². The van der Waals surface area contributed by atoms with Gasteiger partial charge in [-0.1, -0.05) is 72.2 Å². The van der Waals surface area contributed by atoms with Gasteiger partial charge in [-0.2, -0.15) is 0 Å². The van der Waals surface area contributed by atoms with E-state index in [2.05, 4.69) is 65.8 Å². The number of hydrogen-bond acceptors (Lipinski definition) is 3. The highest BCUT2D eigenvalue weighted by Gasteiger charge is 2.56. The number of pyridine rings is 1. The maximum Gasteiger partial charge on any atom is 0.111 e. The number of fused-ring (bicyclic) bond motifs is 4. The summed E-state index contributed by atoms with van der Waals surface area (Å²) in [5.74, 6) is 0.760. The minimum absolute atomic E-state index is 0.110. The van der Waals surface area contributed by atoms with Crippen molar-refractivity contribution in [3.05, 3.63) is 63.5 Å². The van der Waals surface area contributed by atoms with Crippen LogP contribution < -0.4 is 0 Å². The van der Waals surface area contributed by atoms with Crippen LogP contribution in [0, 0.1) is 11.3 Å². The van der Waals surface area contributed by atoms with E-state index in [-0.39, 0.29) is 22.5 Å². The summed E-state index contributed by atoms with van der Waals surface area (Å²) in [6.45, 7) is 13.7. The molecule has 0 bridgehead atoms. The fraction of sp³-hybridized carbons (Fsp3) is 0.656. The van der Waals surface area contributed by atoms with Gasteiger partial charge in [0.1, 0.15) is 6.10 Å². The van der Waals surface area contributed by atoms with E-state index in [4.69, 9.17) is 9.72 Å². The normalized spacial score (nSPS) is 31.1. The molecule has 2 heterocycles. The fourth-order valence-corrected chi connectivity index (χ4v) is 7.75. The Bertz CT molecular complexity index is 1140. The van der Waals surface area contributed by atoms with Crippen molar-refractivity contribution in [1.82, 2.24) is 4.98 Å². The maximum atomic E-state index is 11.7. The average Bonchev–Trinajstić information content (AvgIpc) is 3.32. The third-order valence-electron chi connectivity index (χ3n) is 9.92. The summed E-state index contributed by atoms with van der Waals surface area (Å²) in [5, 5.41) is 11.7. The molecule has 4 unspecified atom stereocenters. The largest absolute Gasteiger partial charge is 0.388 e. The molecule has 2 saturated carbocycles. The topological polar surface area (TPSA) is 42.4 Å². The molecular formula is C32H43NO2. The van der Waals surface area contributed by atoms with Crippen molar-refractivity contribution < 1.29 is 9.84 Å². The third kappa shape index (κ3) is 3.48. The van der Waals surface area contributed by atoms with Crippen molar-refractivity contribution in [3.63, 3.8) is 0 Å². The number of rotatable bonds is 2. The third-order valence-corrected chi connectivity index (χ3v) is 9.92. The van der Waals surface area contributed by atoms with Crippen LogP contribution in [-0.4, -0.2) is 10.1 Å². The predicted molar refractivity (Wildman–Crippen MR) is 141 cm³/mol. The minimum Gasteiger partial charge on any atom is -0.388 e. The van der Waals surface area contributed by atoms with Crippen LogP contribution in [0.15, 0.2) is 24.3 Å². The first-order valence-corrected chi connectivity index (χ1v) is 14.1. The molecule has 0 saturated heterocycles. The zero-order chi connectivity index (χ0) is 24.8. The number of nitrogens with zero attached hydrogens (tertiary/aromatic N) is 1. The van der Waals surface area contributed by atoms with E-state index in [1.807, 2.05) is 0 Å². The molecule has 2 aromatic rings. The maximum absolute atomic E-state index is 11.7. The highest BCUT2D eigenvalue weighted by atomic mass is 16.5.